The molecule has 1 N–H and O–H groups in total. The quantitative estimate of drug-likeness (QED) is 0.417. The molecule has 1 heterocycles. The van der Waals surface area contributed by atoms with Crippen molar-refractivity contribution in [3.8, 4) is 11.5 Å². The maximum Gasteiger partial charge on any atom is 0.307 e. The van der Waals surface area contributed by atoms with E-state index in [4.69, 9.17) is 9.47 Å². The van der Waals surface area contributed by atoms with Crippen molar-refractivity contribution >= 4 is 5.97 Å². The van der Waals surface area contributed by atoms with Gasteiger partial charge in [-0.25, -0.2) is 8.78 Å². The van der Waals surface area contributed by atoms with Crippen LogP contribution in [-0.4, -0.2) is 35.7 Å². The van der Waals surface area contributed by atoms with Crippen molar-refractivity contribution in [3.63, 3.8) is 0 Å². The van der Waals surface area contributed by atoms with Crippen molar-refractivity contribution in [2.45, 2.75) is 32.4 Å². The summed E-state index contributed by atoms with van der Waals surface area (Å²) in [5.41, 5.74) is 2.02. The number of likely N-dealkylation sites (tertiary alicyclic amines) is 1. The SMILES string of the molecule is CCOc1cc(C(c2ccc(F)cc2F)N2CCCC(C(=O)O)C2)ccc1OCc1ccccc1. The number of benzene rings is 3. The first-order chi connectivity index (χ1) is 17.0. The monoisotopic (exact) mass is 481 g/mol. The van der Waals surface area contributed by atoms with Crippen LogP contribution >= 0.6 is 0 Å². The number of carboxylic acid groups (broad SMARTS) is 1. The van der Waals surface area contributed by atoms with Gasteiger partial charge in [-0.05, 0) is 55.6 Å². The lowest BCUT2D eigenvalue weighted by molar-refractivity contribution is -0.143. The number of aliphatic carboxylic acids is 1. The van der Waals surface area contributed by atoms with Gasteiger partial charge in [-0.15, -0.1) is 0 Å². The molecule has 0 radical (unpaired) electrons. The third kappa shape index (κ3) is 5.98. The normalized spacial score (nSPS) is 17.1. The zero-order valence-corrected chi connectivity index (χ0v) is 19.6. The van der Waals surface area contributed by atoms with Gasteiger partial charge < -0.3 is 14.6 Å². The van der Waals surface area contributed by atoms with E-state index in [2.05, 4.69) is 0 Å². The highest BCUT2D eigenvalue weighted by Gasteiger charge is 2.33. The molecule has 2 atom stereocenters. The molecular weight excluding hydrogens is 452 g/mol. The maximum atomic E-state index is 15.0. The summed E-state index contributed by atoms with van der Waals surface area (Å²) < 4.78 is 40.6. The molecule has 0 amide bonds. The Hall–Kier alpha value is -3.45. The molecule has 184 valence electrons. The summed E-state index contributed by atoms with van der Waals surface area (Å²) in [5.74, 6) is -1.68. The van der Waals surface area contributed by atoms with Crippen LogP contribution in [0.15, 0.2) is 66.7 Å². The molecule has 0 aliphatic carbocycles. The Labute approximate surface area is 203 Å². The molecule has 0 spiro atoms. The molecule has 1 aliphatic heterocycles. The van der Waals surface area contributed by atoms with Crippen LogP contribution in [0.2, 0.25) is 0 Å². The van der Waals surface area contributed by atoms with Crippen LogP contribution in [0.1, 0.15) is 42.5 Å². The lowest BCUT2D eigenvalue weighted by Crippen LogP contribution is -2.41. The fourth-order valence-corrected chi connectivity index (χ4v) is 4.57. The molecule has 1 aliphatic rings. The maximum absolute atomic E-state index is 15.0. The van der Waals surface area contributed by atoms with E-state index in [0.717, 1.165) is 17.2 Å². The van der Waals surface area contributed by atoms with Crippen LogP contribution in [0.3, 0.4) is 0 Å². The molecule has 1 saturated heterocycles. The van der Waals surface area contributed by atoms with Gasteiger partial charge >= 0.3 is 5.97 Å². The van der Waals surface area contributed by atoms with Gasteiger partial charge in [0.2, 0.25) is 0 Å². The number of carboxylic acids is 1. The Morgan fingerprint density at radius 3 is 2.57 bits per heavy atom. The molecule has 0 saturated carbocycles. The summed E-state index contributed by atoms with van der Waals surface area (Å²) in [6, 6.07) is 18.1. The van der Waals surface area contributed by atoms with Crippen molar-refractivity contribution in [1.82, 2.24) is 4.90 Å². The van der Waals surface area contributed by atoms with Crippen LogP contribution in [0.25, 0.3) is 0 Å². The zero-order valence-electron chi connectivity index (χ0n) is 19.6. The number of rotatable bonds is 9. The lowest BCUT2D eigenvalue weighted by Gasteiger charge is -2.38. The molecule has 35 heavy (non-hydrogen) atoms. The summed E-state index contributed by atoms with van der Waals surface area (Å²) in [7, 11) is 0. The van der Waals surface area contributed by atoms with E-state index in [9.17, 15) is 18.7 Å². The van der Waals surface area contributed by atoms with E-state index in [1.54, 1.807) is 6.07 Å². The van der Waals surface area contributed by atoms with Gasteiger partial charge in [0.25, 0.3) is 0 Å². The van der Waals surface area contributed by atoms with E-state index in [-0.39, 0.29) is 12.1 Å². The highest BCUT2D eigenvalue weighted by molar-refractivity contribution is 5.70. The molecule has 5 nitrogen and oxygen atoms in total. The Morgan fingerprint density at radius 2 is 1.86 bits per heavy atom. The number of hydrogen-bond donors (Lipinski definition) is 1. The Bertz CT molecular complexity index is 1150. The largest absolute Gasteiger partial charge is 0.490 e. The van der Waals surface area contributed by atoms with Gasteiger partial charge in [0.1, 0.15) is 18.2 Å². The van der Waals surface area contributed by atoms with Crippen LogP contribution in [-0.2, 0) is 11.4 Å². The third-order valence-electron chi connectivity index (χ3n) is 6.24. The van der Waals surface area contributed by atoms with E-state index in [1.807, 2.05) is 54.3 Å². The first-order valence-corrected chi connectivity index (χ1v) is 11.8. The predicted octanol–water partition coefficient (Wildman–Crippen LogP) is 5.83. The van der Waals surface area contributed by atoms with E-state index in [1.165, 1.54) is 12.1 Å². The average Bonchev–Trinajstić information content (AvgIpc) is 2.86. The third-order valence-corrected chi connectivity index (χ3v) is 6.24. The minimum atomic E-state index is -0.868. The smallest absolute Gasteiger partial charge is 0.307 e. The number of hydrogen-bond acceptors (Lipinski definition) is 4. The molecule has 0 aromatic heterocycles. The molecule has 0 bridgehead atoms. The van der Waals surface area contributed by atoms with Gasteiger partial charge in [0, 0.05) is 18.2 Å². The second kappa shape index (κ2) is 11.3. The molecule has 4 rings (SSSR count). The van der Waals surface area contributed by atoms with Crippen molar-refractivity contribution < 1.29 is 28.2 Å². The molecule has 7 heteroatoms. The van der Waals surface area contributed by atoms with Gasteiger partial charge in [0.05, 0.1) is 18.6 Å². The molecule has 3 aromatic rings. The molecule has 3 aromatic carbocycles. The van der Waals surface area contributed by atoms with Crippen LogP contribution in [0.4, 0.5) is 8.78 Å². The van der Waals surface area contributed by atoms with Gasteiger partial charge in [-0.1, -0.05) is 42.5 Å². The number of piperidine rings is 1. The van der Waals surface area contributed by atoms with Gasteiger partial charge in [-0.3, -0.25) is 9.69 Å². The highest BCUT2D eigenvalue weighted by Crippen LogP contribution is 2.38. The zero-order chi connectivity index (χ0) is 24.8. The van der Waals surface area contributed by atoms with Crippen molar-refractivity contribution in [1.29, 1.82) is 0 Å². The van der Waals surface area contributed by atoms with Crippen molar-refractivity contribution in [2.75, 3.05) is 19.7 Å². The standard InChI is InChI=1S/C28H29F2NO4/c1-2-34-26-15-20(10-13-25(26)35-18-19-7-4-3-5-8-19)27(23-12-11-22(29)16-24(23)30)31-14-6-9-21(17-31)28(32)33/h3-5,7-8,10-13,15-16,21,27H,2,6,9,14,17-18H2,1H3,(H,32,33). The van der Waals surface area contributed by atoms with Crippen LogP contribution in [0, 0.1) is 17.6 Å². The first-order valence-electron chi connectivity index (χ1n) is 11.8. The fraction of sp³-hybridized carbons (Fsp3) is 0.321. The number of ether oxygens (including phenoxy) is 2. The lowest BCUT2D eigenvalue weighted by atomic mass is 9.91. The van der Waals surface area contributed by atoms with E-state index in [0.29, 0.717) is 44.1 Å². The Morgan fingerprint density at radius 1 is 1.06 bits per heavy atom. The molecular formula is C28H29F2NO4. The average molecular weight is 482 g/mol. The minimum Gasteiger partial charge on any atom is -0.490 e. The summed E-state index contributed by atoms with van der Waals surface area (Å²) in [6.45, 7) is 3.51. The van der Waals surface area contributed by atoms with Crippen molar-refractivity contribution in [2.24, 2.45) is 5.92 Å². The Balaban J connectivity index is 1.70. The summed E-state index contributed by atoms with van der Waals surface area (Å²) >= 11 is 0. The fourth-order valence-electron chi connectivity index (χ4n) is 4.57. The van der Waals surface area contributed by atoms with Gasteiger partial charge in [0.15, 0.2) is 11.5 Å². The topological polar surface area (TPSA) is 59.0 Å². The molecule has 1 fully saturated rings. The second-order valence-electron chi connectivity index (χ2n) is 8.65. The highest BCUT2D eigenvalue weighted by atomic mass is 19.1. The van der Waals surface area contributed by atoms with Gasteiger partial charge in [-0.2, -0.15) is 0 Å². The van der Waals surface area contributed by atoms with E-state index >= 15 is 0 Å². The molecule has 2 unspecified atom stereocenters. The van der Waals surface area contributed by atoms with Crippen LogP contribution in [0.5, 0.6) is 11.5 Å². The number of halogens is 2. The minimum absolute atomic E-state index is 0.271. The first kappa shape index (κ1) is 24.7. The number of nitrogens with zero attached hydrogens (tertiary/aromatic N) is 1. The Kier molecular flexibility index (Phi) is 7.98. The number of carbonyl (C=O) groups is 1. The van der Waals surface area contributed by atoms with E-state index < -0.39 is 29.6 Å². The van der Waals surface area contributed by atoms with Crippen LogP contribution < -0.4 is 9.47 Å². The summed E-state index contributed by atoms with van der Waals surface area (Å²) in [6.07, 6.45) is 1.24. The summed E-state index contributed by atoms with van der Waals surface area (Å²) in [5, 5.41) is 9.59. The second-order valence-corrected chi connectivity index (χ2v) is 8.65. The predicted molar refractivity (Wildman–Crippen MR) is 129 cm³/mol. The summed E-state index contributed by atoms with van der Waals surface area (Å²) in [4.78, 5) is 13.6. The van der Waals surface area contributed by atoms with Crippen molar-refractivity contribution in [3.05, 3.63) is 95.1 Å².